The number of carboxylic acids is 1. The zero-order chi connectivity index (χ0) is 14.3. The number of carboxylic acid groups (broad SMARTS) is 1. The van der Waals surface area contributed by atoms with E-state index in [0.29, 0.717) is 0 Å². The van der Waals surface area contributed by atoms with Gasteiger partial charge in [-0.05, 0) is 18.8 Å². The van der Waals surface area contributed by atoms with E-state index in [4.69, 9.17) is 5.73 Å². The molecule has 19 heavy (non-hydrogen) atoms. The Balaban J connectivity index is 2.41. The Hall–Kier alpha value is -1.79. The van der Waals surface area contributed by atoms with Crippen LogP contribution in [0.25, 0.3) is 0 Å². The molecule has 1 rings (SSSR count). The molecule has 1 unspecified atom stereocenters. The van der Waals surface area contributed by atoms with Crippen LogP contribution >= 0.6 is 0 Å². The molecule has 1 aliphatic rings. The molecule has 5 N–H and O–H groups in total. The molecule has 1 saturated carbocycles. The Morgan fingerprint density at radius 1 is 1.21 bits per heavy atom. The van der Waals surface area contributed by atoms with Gasteiger partial charge in [-0.3, -0.25) is 4.79 Å². The number of carbonyl (C=O) groups is 3. The summed E-state index contributed by atoms with van der Waals surface area (Å²) in [6.45, 7) is 0.109. The fourth-order valence-electron chi connectivity index (χ4n) is 2.34. The molecule has 0 saturated heterocycles. The maximum Gasteiger partial charge on any atom is 0.326 e. The largest absolute Gasteiger partial charge is 0.480 e. The van der Waals surface area contributed by atoms with Gasteiger partial charge in [0.25, 0.3) is 0 Å². The molecule has 0 aromatic carbocycles. The van der Waals surface area contributed by atoms with Gasteiger partial charge in [0.15, 0.2) is 0 Å². The van der Waals surface area contributed by atoms with Crippen molar-refractivity contribution in [3.63, 3.8) is 0 Å². The van der Waals surface area contributed by atoms with Crippen LogP contribution in [-0.2, 0) is 9.59 Å². The Kier molecular flexibility index (Phi) is 6.11. The number of amides is 3. The van der Waals surface area contributed by atoms with Crippen molar-refractivity contribution in [1.29, 1.82) is 0 Å². The van der Waals surface area contributed by atoms with Crippen LogP contribution in [0.5, 0.6) is 0 Å². The smallest absolute Gasteiger partial charge is 0.326 e. The fourth-order valence-corrected chi connectivity index (χ4v) is 2.34. The summed E-state index contributed by atoms with van der Waals surface area (Å²) in [5.41, 5.74) is 4.94. The summed E-state index contributed by atoms with van der Waals surface area (Å²) in [4.78, 5) is 33.3. The topological polar surface area (TPSA) is 122 Å². The summed E-state index contributed by atoms with van der Waals surface area (Å²) in [5, 5.41) is 14.1. The zero-order valence-electron chi connectivity index (χ0n) is 10.9. The summed E-state index contributed by atoms with van der Waals surface area (Å²) in [7, 11) is 0. The van der Waals surface area contributed by atoms with Crippen LogP contribution in [0.4, 0.5) is 4.79 Å². The number of rotatable bonds is 6. The van der Waals surface area contributed by atoms with Crippen molar-refractivity contribution in [3.05, 3.63) is 0 Å². The summed E-state index contributed by atoms with van der Waals surface area (Å²) in [5.74, 6) is -1.55. The van der Waals surface area contributed by atoms with Gasteiger partial charge < -0.3 is 21.5 Å². The van der Waals surface area contributed by atoms with Crippen LogP contribution in [0.15, 0.2) is 0 Å². The lowest BCUT2D eigenvalue weighted by atomic mass is 9.84. The number of urea groups is 1. The number of nitrogens with two attached hydrogens (primary N) is 1. The molecule has 0 radical (unpaired) electrons. The number of primary amides is 1. The molecule has 1 atom stereocenters. The number of nitrogens with one attached hydrogen (secondary N) is 2. The molecule has 108 valence electrons. The molecule has 0 bridgehead atoms. The Morgan fingerprint density at radius 3 is 2.37 bits per heavy atom. The van der Waals surface area contributed by atoms with Gasteiger partial charge in [-0.15, -0.1) is 0 Å². The highest BCUT2D eigenvalue weighted by atomic mass is 16.4. The standard InChI is InChI=1S/C12H21N3O4/c13-9(16)6-7-14-12(19)15-10(11(17)18)8-4-2-1-3-5-8/h8,10H,1-7H2,(H2,13,16)(H,17,18)(H2,14,15,19). The molecule has 7 heteroatoms. The van der Waals surface area contributed by atoms with Gasteiger partial charge in [-0.2, -0.15) is 0 Å². The first kappa shape index (κ1) is 15.3. The Morgan fingerprint density at radius 2 is 1.84 bits per heavy atom. The number of hydrogen-bond acceptors (Lipinski definition) is 3. The van der Waals surface area contributed by atoms with Crippen molar-refractivity contribution < 1.29 is 19.5 Å². The third-order valence-corrected chi connectivity index (χ3v) is 3.33. The zero-order valence-corrected chi connectivity index (χ0v) is 10.9. The van der Waals surface area contributed by atoms with Gasteiger partial charge in [0.05, 0.1) is 0 Å². The van der Waals surface area contributed by atoms with Crippen LogP contribution in [0.1, 0.15) is 38.5 Å². The van der Waals surface area contributed by atoms with Crippen molar-refractivity contribution in [3.8, 4) is 0 Å². The van der Waals surface area contributed by atoms with E-state index in [2.05, 4.69) is 10.6 Å². The third kappa shape index (κ3) is 5.58. The van der Waals surface area contributed by atoms with Crippen LogP contribution in [-0.4, -0.2) is 35.6 Å². The van der Waals surface area contributed by atoms with E-state index >= 15 is 0 Å². The van der Waals surface area contributed by atoms with Gasteiger partial charge >= 0.3 is 12.0 Å². The third-order valence-electron chi connectivity index (χ3n) is 3.33. The highest BCUT2D eigenvalue weighted by molar-refractivity contribution is 5.83. The lowest BCUT2D eigenvalue weighted by Gasteiger charge is -2.28. The average Bonchev–Trinajstić information content (AvgIpc) is 2.36. The van der Waals surface area contributed by atoms with E-state index in [9.17, 15) is 19.5 Å². The number of hydrogen-bond donors (Lipinski definition) is 4. The first-order chi connectivity index (χ1) is 9.00. The van der Waals surface area contributed by atoms with Crippen LogP contribution in [0.3, 0.4) is 0 Å². The predicted molar refractivity (Wildman–Crippen MR) is 68.3 cm³/mol. The van der Waals surface area contributed by atoms with Crippen molar-refractivity contribution in [2.45, 2.75) is 44.6 Å². The maximum absolute atomic E-state index is 11.5. The molecule has 0 aromatic rings. The molecule has 0 heterocycles. The molecule has 3 amide bonds. The predicted octanol–water partition coefficient (Wildman–Crippen LogP) is 0.194. The first-order valence-electron chi connectivity index (χ1n) is 6.56. The van der Waals surface area contributed by atoms with E-state index in [1.54, 1.807) is 0 Å². The van der Waals surface area contributed by atoms with E-state index in [1.165, 1.54) is 0 Å². The Labute approximate surface area is 111 Å². The maximum atomic E-state index is 11.5. The highest BCUT2D eigenvalue weighted by Gasteiger charge is 2.30. The molecule has 1 aliphatic carbocycles. The number of aliphatic carboxylic acids is 1. The lowest BCUT2D eigenvalue weighted by molar-refractivity contribution is -0.141. The minimum Gasteiger partial charge on any atom is -0.480 e. The molecule has 0 aliphatic heterocycles. The lowest BCUT2D eigenvalue weighted by Crippen LogP contribution is -2.50. The van der Waals surface area contributed by atoms with Gasteiger partial charge in [0.1, 0.15) is 6.04 Å². The van der Waals surface area contributed by atoms with Crippen LogP contribution in [0, 0.1) is 5.92 Å². The average molecular weight is 271 g/mol. The minimum atomic E-state index is -1.02. The van der Waals surface area contributed by atoms with Gasteiger partial charge in [-0.25, -0.2) is 9.59 Å². The minimum absolute atomic E-state index is 0.0202. The summed E-state index contributed by atoms with van der Waals surface area (Å²) >= 11 is 0. The summed E-state index contributed by atoms with van der Waals surface area (Å²) in [6, 6.07) is -1.44. The van der Waals surface area contributed by atoms with E-state index in [1.807, 2.05) is 0 Å². The van der Waals surface area contributed by atoms with E-state index in [0.717, 1.165) is 32.1 Å². The van der Waals surface area contributed by atoms with E-state index in [-0.39, 0.29) is 18.9 Å². The fraction of sp³-hybridized carbons (Fsp3) is 0.750. The monoisotopic (exact) mass is 271 g/mol. The second-order valence-electron chi connectivity index (χ2n) is 4.83. The molecule has 0 aromatic heterocycles. The van der Waals surface area contributed by atoms with Gasteiger partial charge in [-0.1, -0.05) is 19.3 Å². The highest BCUT2D eigenvalue weighted by Crippen LogP contribution is 2.26. The molecule has 1 fully saturated rings. The SMILES string of the molecule is NC(=O)CCNC(=O)NC(C(=O)O)C1CCCCC1. The van der Waals surface area contributed by atoms with Crippen molar-refractivity contribution in [2.24, 2.45) is 11.7 Å². The van der Waals surface area contributed by atoms with Gasteiger partial charge in [0, 0.05) is 13.0 Å². The quantitative estimate of drug-likeness (QED) is 0.551. The van der Waals surface area contributed by atoms with Crippen LogP contribution < -0.4 is 16.4 Å². The van der Waals surface area contributed by atoms with Crippen LogP contribution in [0.2, 0.25) is 0 Å². The summed E-state index contributed by atoms with van der Waals surface area (Å²) < 4.78 is 0. The van der Waals surface area contributed by atoms with Crippen molar-refractivity contribution in [2.75, 3.05) is 6.54 Å². The second kappa shape index (κ2) is 7.60. The molecular formula is C12H21N3O4. The molecular weight excluding hydrogens is 250 g/mol. The van der Waals surface area contributed by atoms with Crippen molar-refractivity contribution in [1.82, 2.24) is 10.6 Å². The normalized spacial score (nSPS) is 17.5. The van der Waals surface area contributed by atoms with Gasteiger partial charge in [0.2, 0.25) is 5.91 Å². The van der Waals surface area contributed by atoms with Crippen molar-refractivity contribution >= 4 is 17.9 Å². The Bertz CT molecular complexity index is 340. The first-order valence-corrected chi connectivity index (χ1v) is 6.56. The molecule has 7 nitrogen and oxygen atoms in total. The van der Waals surface area contributed by atoms with E-state index < -0.39 is 23.9 Å². The molecule has 0 spiro atoms. The summed E-state index contributed by atoms with van der Waals surface area (Å²) in [6.07, 6.45) is 4.79. The number of carbonyl (C=O) groups excluding carboxylic acids is 2. The second-order valence-corrected chi connectivity index (χ2v) is 4.83.